The molecule has 9 nitrogen and oxygen atoms in total. The summed E-state index contributed by atoms with van der Waals surface area (Å²) in [6.07, 6.45) is 7.49. The molecule has 1 amide bonds. The van der Waals surface area contributed by atoms with Crippen LogP contribution in [-0.4, -0.2) is 56.8 Å². The van der Waals surface area contributed by atoms with Gasteiger partial charge in [0.15, 0.2) is 0 Å². The summed E-state index contributed by atoms with van der Waals surface area (Å²) in [7, 11) is 0. The molecule has 176 valence electrons. The Bertz CT molecular complexity index is 1320. The minimum atomic E-state index is -0.449. The van der Waals surface area contributed by atoms with E-state index in [0.717, 1.165) is 35.0 Å². The van der Waals surface area contributed by atoms with Crippen LogP contribution in [0.4, 0.5) is 5.69 Å². The van der Waals surface area contributed by atoms with Crippen LogP contribution in [0.2, 0.25) is 0 Å². The molecule has 3 heterocycles. The molecule has 1 saturated heterocycles. The first kappa shape index (κ1) is 22.4. The number of aromatic nitrogens is 2. The van der Waals surface area contributed by atoms with Gasteiger partial charge in [-0.05, 0) is 55.0 Å². The highest BCUT2D eigenvalue weighted by Crippen LogP contribution is 2.33. The van der Waals surface area contributed by atoms with Gasteiger partial charge in [0, 0.05) is 49.3 Å². The third-order valence-electron chi connectivity index (χ3n) is 6.45. The number of non-ortho nitro benzene ring substituents is 1. The van der Waals surface area contributed by atoms with Crippen molar-refractivity contribution in [2.24, 2.45) is 0 Å². The summed E-state index contributed by atoms with van der Waals surface area (Å²) >= 11 is 1.66. The Balaban J connectivity index is 1.18. The second-order valence-electron chi connectivity index (χ2n) is 8.69. The van der Waals surface area contributed by atoms with Crippen LogP contribution in [-0.2, 0) is 24.2 Å². The van der Waals surface area contributed by atoms with Crippen molar-refractivity contribution in [3.05, 3.63) is 72.6 Å². The molecule has 0 atom stereocenters. The van der Waals surface area contributed by atoms with Crippen molar-refractivity contribution in [2.75, 3.05) is 26.2 Å². The summed E-state index contributed by atoms with van der Waals surface area (Å²) in [6, 6.07) is 6.08. The smallest absolute Gasteiger partial charge is 0.269 e. The lowest BCUT2D eigenvalue weighted by atomic mass is 9.97. The average Bonchev–Trinajstić information content (AvgIpc) is 3.22. The van der Waals surface area contributed by atoms with E-state index >= 15 is 0 Å². The Morgan fingerprint density at radius 2 is 1.88 bits per heavy atom. The molecular weight excluding hydrogens is 454 g/mol. The molecule has 0 saturated carbocycles. The Labute approximate surface area is 199 Å². The van der Waals surface area contributed by atoms with Gasteiger partial charge < -0.3 is 9.88 Å². The van der Waals surface area contributed by atoms with E-state index in [0.29, 0.717) is 38.5 Å². The van der Waals surface area contributed by atoms with E-state index < -0.39 is 4.92 Å². The highest BCUT2D eigenvalue weighted by molar-refractivity contribution is 7.18. The molecule has 2 aromatic heterocycles. The number of piperazine rings is 1. The average molecular weight is 480 g/mol. The maximum absolute atomic E-state index is 12.8. The van der Waals surface area contributed by atoms with Gasteiger partial charge in [-0.2, -0.15) is 0 Å². The van der Waals surface area contributed by atoms with Gasteiger partial charge in [0.05, 0.1) is 16.9 Å². The quantitative estimate of drug-likeness (QED) is 0.342. The Hall–Kier alpha value is -3.37. The van der Waals surface area contributed by atoms with E-state index in [4.69, 9.17) is 4.98 Å². The van der Waals surface area contributed by atoms with Gasteiger partial charge in [0.25, 0.3) is 11.2 Å². The van der Waals surface area contributed by atoms with Gasteiger partial charge in [-0.1, -0.05) is 0 Å². The predicted octanol–water partition coefficient (Wildman–Crippen LogP) is 3.13. The van der Waals surface area contributed by atoms with Gasteiger partial charge in [0.1, 0.15) is 10.7 Å². The first-order valence-corrected chi connectivity index (χ1v) is 12.3. The van der Waals surface area contributed by atoms with Crippen LogP contribution in [0.15, 0.2) is 35.1 Å². The van der Waals surface area contributed by atoms with Gasteiger partial charge in [0.2, 0.25) is 5.91 Å². The zero-order valence-corrected chi connectivity index (χ0v) is 19.5. The molecule has 34 heavy (non-hydrogen) atoms. The van der Waals surface area contributed by atoms with E-state index in [1.54, 1.807) is 34.4 Å². The SMILES string of the molecule is O=C(/C=C/c1ccc([N+](=O)[O-])cc1)N1CCN(Cc2nc3sc4c(c3c(=O)[nH]2)CCCC4)CC1. The van der Waals surface area contributed by atoms with E-state index in [-0.39, 0.29) is 17.2 Å². The second kappa shape index (κ2) is 9.47. The molecule has 10 heteroatoms. The third-order valence-corrected chi connectivity index (χ3v) is 7.64. The van der Waals surface area contributed by atoms with E-state index in [1.807, 2.05) is 0 Å². The number of carbonyl (C=O) groups excluding carboxylic acids is 1. The molecule has 1 aromatic carbocycles. The number of aryl methyl sites for hydroxylation is 2. The van der Waals surface area contributed by atoms with Crippen LogP contribution < -0.4 is 5.56 Å². The number of nitro groups is 1. The number of aromatic amines is 1. The number of nitrogens with zero attached hydrogens (tertiary/aromatic N) is 4. The largest absolute Gasteiger partial charge is 0.337 e. The summed E-state index contributed by atoms with van der Waals surface area (Å²) in [4.78, 5) is 49.5. The van der Waals surface area contributed by atoms with Gasteiger partial charge >= 0.3 is 0 Å². The minimum absolute atomic E-state index is 0.0215. The number of hydrogen-bond donors (Lipinski definition) is 1. The van der Waals surface area contributed by atoms with Crippen molar-refractivity contribution in [1.29, 1.82) is 0 Å². The fourth-order valence-electron chi connectivity index (χ4n) is 4.60. The number of carbonyl (C=O) groups is 1. The Morgan fingerprint density at radius 3 is 2.62 bits per heavy atom. The molecule has 5 rings (SSSR count). The van der Waals surface area contributed by atoms with Crippen LogP contribution in [0.25, 0.3) is 16.3 Å². The third kappa shape index (κ3) is 4.64. The second-order valence-corrected chi connectivity index (χ2v) is 9.77. The van der Waals surface area contributed by atoms with Crippen molar-refractivity contribution in [3.8, 4) is 0 Å². The number of nitro benzene ring substituents is 1. The highest BCUT2D eigenvalue weighted by Gasteiger charge is 2.23. The Kier molecular flexibility index (Phi) is 6.25. The van der Waals surface area contributed by atoms with Crippen LogP contribution >= 0.6 is 11.3 Å². The lowest BCUT2D eigenvalue weighted by Crippen LogP contribution is -2.48. The number of fused-ring (bicyclic) bond motifs is 3. The zero-order chi connectivity index (χ0) is 23.7. The van der Waals surface area contributed by atoms with Gasteiger partial charge in [-0.3, -0.25) is 24.6 Å². The number of rotatable bonds is 5. The first-order valence-electron chi connectivity index (χ1n) is 11.4. The summed E-state index contributed by atoms with van der Waals surface area (Å²) in [5.41, 5.74) is 1.91. The number of benzene rings is 1. The molecule has 1 aliphatic carbocycles. The van der Waals surface area contributed by atoms with E-state index in [1.165, 1.54) is 35.1 Å². The normalized spacial score (nSPS) is 16.8. The first-order chi connectivity index (χ1) is 16.5. The number of thiophene rings is 1. The van der Waals surface area contributed by atoms with E-state index in [2.05, 4.69) is 9.88 Å². The summed E-state index contributed by atoms with van der Waals surface area (Å²) in [6.45, 7) is 3.11. The van der Waals surface area contributed by atoms with Crippen molar-refractivity contribution in [1.82, 2.24) is 19.8 Å². The maximum Gasteiger partial charge on any atom is 0.269 e. The molecule has 0 spiro atoms. The Morgan fingerprint density at radius 1 is 1.15 bits per heavy atom. The highest BCUT2D eigenvalue weighted by atomic mass is 32.1. The summed E-state index contributed by atoms with van der Waals surface area (Å²) < 4.78 is 0. The summed E-state index contributed by atoms with van der Waals surface area (Å²) in [5.74, 6) is 0.587. The van der Waals surface area contributed by atoms with Crippen LogP contribution in [0.3, 0.4) is 0 Å². The molecule has 1 N–H and O–H groups in total. The van der Waals surface area contributed by atoms with Gasteiger partial charge in [-0.25, -0.2) is 4.98 Å². The molecule has 2 aliphatic rings. The molecule has 0 bridgehead atoms. The van der Waals surface area contributed by atoms with Crippen LogP contribution in [0, 0.1) is 10.1 Å². The van der Waals surface area contributed by atoms with Crippen molar-refractivity contribution < 1.29 is 9.72 Å². The molecule has 1 fully saturated rings. The molecule has 0 radical (unpaired) electrons. The molecular formula is C24H25N5O4S. The van der Waals surface area contributed by atoms with Crippen molar-refractivity contribution in [3.63, 3.8) is 0 Å². The topological polar surface area (TPSA) is 112 Å². The zero-order valence-electron chi connectivity index (χ0n) is 18.7. The van der Waals surface area contributed by atoms with E-state index in [9.17, 15) is 19.7 Å². The standard InChI is InChI=1S/C24H25N5O4S/c30-21(10-7-16-5-8-17(9-6-16)29(32)33)28-13-11-27(12-14-28)15-20-25-23(31)22-18-3-1-2-4-19(18)34-24(22)26-20/h5-10H,1-4,11-15H2,(H,25,26,31)/b10-7+. The van der Waals surface area contributed by atoms with Crippen molar-refractivity contribution >= 4 is 39.2 Å². The monoisotopic (exact) mass is 479 g/mol. The van der Waals surface area contributed by atoms with Crippen LogP contribution in [0.1, 0.15) is 34.7 Å². The van der Waals surface area contributed by atoms with Crippen LogP contribution in [0.5, 0.6) is 0 Å². The number of hydrogen-bond acceptors (Lipinski definition) is 7. The lowest BCUT2D eigenvalue weighted by Gasteiger charge is -2.33. The molecule has 1 aliphatic heterocycles. The molecule has 0 unspecified atom stereocenters. The molecule has 3 aromatic rings. The fraction of sp³-hybridized carbons (Fsp3) is 0.375. The predicted molar refractivity (Wildman–Crippen MR) is 131 cm³/mol. The lowest BCUT2D eigenvalue weighted by molar-refractivity contribution is -0.384. The number of nitrogens with one attached hydrogen (secondary N) is 1. The maximum atomic E-state index is 12.8. The number of amides is 1. The fourth-order valence-corrected chi connectivity index (χ4v) is 5.88. The van der Waals surface area contributed by atoms with Crippen molar-refractivity contribution in [2.45, 2.75) is 32.2 Å². The summed E-state index contributed by atoms with van der Waals surface area (Å²) in [5, 5.41) is 11.5. The van der Waals surface area contributed by atoms with Gasteiger partial charge in [-0.15, -0.1) is 11.3 Å². The number of H-pyrrole nitrogens is 1. The minimum Gasteiger partial charge on any atom is -0.337 e.